The van der Waals surface area contributed by atoms with E-state index in [-0.39, 0.29) is 6.04 Å². The number of rotatable bonds is 3. The van der Waals surface area contributed by atoms with Gasteiger partial charge in [0.1, 0.15) is 11.7 Å². The van der Waals surface area contributed by atoms with Gasteiger partial charge in [-0.25, -0.2) is 4.21 Å². The van der Waals surface area contributed by atoms with Crippen LogP contribution in [0.2, 0.25) is 0 Å². The summed E-state index contributed by atoms with van der Waals surface area (Å²) >= 11 is 0. The Morgan fingerprint density at radius 2 is 2.16 bits per heavy atom. The van der Waals surface area contributed by atoms with E-state index in [2.05, 4.69) is 4.36 Å². The highest BCUT2D eigenvalue weighted by molar-refractivity contribution is 7.92. The van der Waals surface area contributed by atoms with Crippen molar-refractivity contribution < 1.29 is 8.95 Å². The van der Waals surface area contributed by atoms with Crippen LogP contribution < -0.4 is 0 Å². The molecular weight excluding hydrogens is 264 g/mol. The second-order valence-corrected chi connectivity index (χ2v) is 7.72. The number of amidine groups is 1. The molecule has 1 N–H and O–H groups in total. The van der Waals surface area contributed by atoms with Crippen molar-refractivity contribution in [2.45, 2.75) is 13.0 Å². The first-order valence-corrected chi connectivity index (χ1v) is 8.53. The molecule has 0 aliphatic carbocycles. The average molecular weight is 288 g/mol. The van der Waals surface area contributed by atoms with E-state index in [0.717, 1.165) is 0 Å². The quantitative estimate of drug-likeness (QED) is 0.616. The van der Waals surface area contributed by atoms with Crippen LogP contribution in [0.15, 0.2) is 16.3 Å². The second-order valence-electron chi connectivity index (χ2n) is 5.17. The maximum Gasteiger partial charge on any atom is 0.141 e. The van der Waals surface area contributed by atoms with Crippen molar-refractivity contribution in [2.24, 2.45) is 4.36 Å². The predicted octanol–water partition coefficient (Wildman–Crippen LogP) is 0.815. The molecule has 1 aliphatic heterocycles. The fourth-order valence-corrected chi connectivity index (χ4v) is 2.42. The van der Waals surface area contributed by atoms with Crippen LogP contribution in [-0.2, 0) is 14.5 Å². The summed E-state index contributed by atoms with van der Waals surface area (Å²) in [5, 5.41) is 8.16. The van der Waals surface area contributed by atoms with E-state index in [1.807, 2.05) is 25.9 Å². The number of nitrogens with one attached hydrogen (secondary N) is 1. The third-order valence-corrected chi connectivity index (χ3v) is 3.34. The number of morpholine rings is 1. The molecule has 1 fully saturated rings. The Bertz CT molecular complexity index is 470. The minimum atomic E-state index is -2.23. The molecule has 1 rings (SSSR count). The first-order chi connectivity index (χ1) is 8.70. The van der Waals surface area contributed by atoms with Gasteiger partial charge in [0.05, 0.1) is 19.3 Å². The molecule has 0 bridgehead atoms. The standard InChI is InChI=1S/C12H24N4O2S/c1-10-9-18-7-6-16(10)11(13)8-12(15(2)3)14-19(4,5)17/h8,10,13H,6-7,9H2,1-5H3/b12-8-,13-11?/t10-/m1/s1. The SMILES string of the molecule is C[C@@H]1COCCN1C(=N)/C=C(/N=S(C)(C)=O)N(C)C. The summed E-state index contributed by atoms with van der Waals surface area (Å²) in [6.07, 6.45) is 4.84. The van der Waals surface area contributed by atoms with Gasteiger partial charge >= 0.3 is 0 Å². The largest absolute Gasteiger partial charge is 0.377 e. The Morgan fingerprint density at radius 1 is 1.53 bits per heavy atom. The van der Waals surface area contributed by atoms with E-state index in [1.54, 1.807) is 23.5 Å². The van der Waals surface area contributed by atoms with Crippen LogP contribution in [0, 0.1) is 5.41 Å². The first kappa shape index (κ1) is 16.0. The lowest BCUT2D eigenvalue weighted by atomic mass is 10.2. The Labute approximate surface area is 116 Å². The molecule has 0 amide bonds. The molecule has 7 heteroatoms. The van der Waals surface area contributed by atoms with Gasteiger partial charge in [-0.2, -0.15) is 4.36 Å². The minimum Gasteiger partial charge on any atom is -0.377 e. The van der Waals surface area contributed by atoms with E-state index in [9.17, 15) is 4.21 Å². The summed E-state index contributed by atoms with van der Waals surface area (Å²) in [4.78, 5) is 3.74. The van der Waals surface area contributed by atoms with E-state index in [1.165, 1.54) is 0 Å². The topological polar surface area (TPSA) is 69.0 Å². The smallest absolute Gasteiger partial charge is 0.141 e. The molecule has 110 valence electrons. The fourth-order valence-electron chi connectivity index (χ4n) is 1.75. The van der Waals surface area contributed by atoms with E-state index in [4.69, 9.17) is 10.1 Å². The number of hydrogen-bond acceptors (Lipinski definition) is 5. The van der Waals surface area contributed by atoms with Crippen molar-refractivity contribution in [3.63, 3.8) is 0 Å². The lowest BCUT2D eigenvalue weighted by Gasteiger charge is -2.34. The highest BCUT2D eigenvalue weighted by Crippen LogP contribution is 2.10. The van der Waals surface area contributed by atoms with E-state index < -0.39 is 9.73 Å². The minimum absolute atomic E-state index is 0.175. The monoisotopic (exact) mass is 288 g/mol. The lowest BCUT2D eigenvalue weighted by molar-refractivity contribution is 0.0333. The molecule has 0 aromatic heterocycles. The van der Waals surface area contributed by atoms with E-state index >= 15 is 0 Å². The summed E-state index contributed by atoms with van der Waals surface area (Å²) in [5.74, 6) is 0.936. The lowest BCUT2D eigenvalue weighted by Crippen LogP contribution is -2.46. The molecular formula is C12H24N4O2S. The molecule has 1 aliphatic rings. The van der Waals surface area contributed by atoms with Crippen LogP contribution >= 0.6 is 0 Å². The number of nitrogens with zero attached hydrogens (tertiary/aromatic N) is 3. The molecule has 0 aromatic carbocycles. The molecule has 0 unspecified atom stereocenters. The molecule has 0 aromatic rings. The van der Waals surface area contributed by atoms with Gasteiger partial charge in [-0.05, 0) is 6.92 Å². The molecule has 19 heavy (non-hydrogen) atoms. The normalized spacial score (nSPS) is 21.2. The van der Waals surface area contributed by atoms with Crippen molar-refractivity contribution in [3.8, 4) is 0 Å². The van der Waals surface area contributed by atoms with Crippen molar-refractivity contribution in [1.82, 2.24) is 9.80 Å². The first-order valence-electron chi connectivity index (χ1n) is 6.20. The van der Waals surface area contributed by atoms with Crippen LogP contribution in [0.3, 0.4) is 0 Å². The molecule has 6 nitrogen and oxygen atoms in total. The molecule has 0 radical (unpaired) electrons. The number of ether oxygens (including phenoxy) is 1. The van der Waals surface area contributed by atoms with Gasteiger partial charge in [-0.3, -0.25) is 5.41 Å². The highest BCUT2D eigenvalue weighted by Gasteiger charge is 2.20. The fraction of sp³-hybridized carbons (Fsp3) is 0.750. The van der Waals surface area contributed by atoms with Gasteiger partial charge in [-0.1, -0.05) is 0 Å². The Hall–Kier alpha value is -1.08. The second kappa shape index (κ2) is 6.38. The van der Waals surface area contributed by atoms with Gasteiger partial charge in [0, 0.05) is 49.0 Å². The summed E-state index contributed by atoms with van der Waals surface area (Å²) in [7, 11) is 1.43. The molecule has 0 spiro atoms. The molecule has 1 saturated heterocycles. The zero-order chi connectivity index (χ0) is 14.6. The molecule has 1 heterocycles. The maximum absolute atomic E-state index is 11.8. The Kier molecular flexibility index (Phi) is 5.37. The van der Waals surface area contributed by atoms with Crippen LogP contribution in [0.1, 0.15) is 6.92 Å². The van der Waals surface area contributed by atoms with Gasteiger partial charge in [0.2, 0.25) is 0 Å². The molecule has 1 atom stereocenters. The van der Waals surface area contributed by atoms with Crippen molar-refractivity contribution in [1.29, 1.82) is 5.41 Å². The van der Waals surface area contributed by atoms with Crippen LogP contribution in [0.5, 0.6) is 0 Å². The zero-order valence-electron chi connectivity index (χ0n) is 12.3. The van der Waals surface area contributed by atoms with Gasteiger partial charge in [0.15, 0.2) is 0 Å². The zero-order valence-corrected chi connectivity index (χ0v) is 13.2. The van der Waals surface area contributed by atoms with Gasteiger partial charge in [-0.15, -0.1) is 0 Å². The van der Waals surface area contributed by atoms with Crippen LogP contribution in [0.4, 0.5) is 0 Å². The summed E-state index contributed by atoms with van der Waals surface area (Å²) in [6, 6.07) is 0.175. The van der Waals surface area contributed by atoms with Crippen LogP contribution in [-0.4, -0.2) is 72.3 Å². The summed E-state index contributed by atoms with van der Waals surface area (Å²) in [5.41, 5.74) is 0. The highest BCUT2D eigenvalue weighted by atomic mass is 32.2. The van der Waals surface area contributed by atoms with Crippen molar-refractivity contribution in [2.75, 3.05) is 46.4 Å². The number of hydrogen-bond donors (Lipinski definition) is 1. The average Bonchev–Trinajstić information content (AvgIpc) is 2.26. The third-order valence-electron chi connectivity index (χ3n) is 2.71. The Balaban J connectivity index is 2.96. The maximum atomic E-state index is 11.8. The van der Waals surface area contributed by atoms with Gasteiger partial charge in [0.25, 0.3) is 0 Å². The summed E-state index contributed by atoms with van der Waals surface area (Å²) < 4.78 is 21.3. The Morgan fingerprint density at radius 3 is 2.63 bits per heavy atom. The van der Waals surface area contributed by atoms with Crippen molar-refractivity contribution >= 4 is 15.6 Å². The van der Waals surface area contributed by atoms with Crippen LogP contribution in [0.25, 0.3) is 0 Å². The third kappa shape index (κ3) is 5.20. The van der Waals surface area contributed by atoms with Crippen molar-refractivity contribution in [3.05, 3.63) is 11.9 Å². The molecule has 0 saturated carbocycles. The predicted molar refractivity (Wildman–Crippen MR) is 78.9 cm³/mol. The summed E-state index contributed by atoms with van der Waals surface area (Å²) in [6.45, 7) is 3.98. The van der Waals surface area contributed by atoms with Gasteiger partial charge < -0.3 is 14.5 Å². The van der Waals surface area contributed by atoms with E-state index in [0.29, 0.717) is 31.4 Å².